The molecule has 2 aromatic heterocycles. The van der Waals surface area contributed by atoms with Gasteiger partial charge in [0.25, 0.3) is 0 Å². The van der Waals surface area contributed by atoms with Gasteiger partial charge >= 0.3 is 0 Å². The van der Waals surface area contributed by atoms with Crippen molar-refractivity contribution in [2.45, 2.75) is 11.8 Å². The van der Waals surface area contributed by atoms with Crippen LogP contribution in [0.15, 0.2) is 79.1 Å². The number of hydrogen-bond donors (Lipinski definition) is 1. The zero-order valence-corrected chi connectivity index (χ0v) is 17.5. The molecule has 2 aromatic carbocycles. The molecule has 1 aliphatic rings. The molecule has 5 nitrogen and oxygen atoms in total. The molecule has 4 aromatic rings. The highest BCUT2D eigenvalue weighted by molar-refractivity contribution is 5.76. The second-order valence-electron chi connectivity index (χ2n) is 7.64. The van der Waals surface area contributed by atoms with Crippen LogP contribution in [0.25, 0.3) is 17.3 Å². The molecule has 0 saturated heterocycles. The van der Waals surface area contributed by atoms with Gasteiger partial charge in [-0.05, 0) is 47.5 Å². The molecule has 1 aliphatic carbocycles. The van der Waals surface area contributed by atoms with Crippen LogP contribution in [0.1, 0.15) is 22.4 Å². The van der Waals surface area contributed by atoms with Crippen molar-refractivity contribution in [2.24, 2.45) is 0 Å². The summed E-state index contributed by atoms with van der Waals surface area (Å²) < 4.78 is 10.8. The van der Waals surface area contributed by atoms with Crippen molar-refractivity contribution in [3.05, 3.63) is 102 Å². The summed E-state index contributed by atoms with van der Waals surface area (Å²) in [5, 5.41) is 7.92. The van der Waals surface area contributed by atoms with E-state index in [9.17, 15) is 0 Å². The van der Waals surface area contributed by atoms with E-state index in [1.807, 2.05) is 36.4 Å². The Balaban J connectivity index is 1.63. The number of aromatic amines is 1. The maximum atomic E-state index is 5.38. The van der Waals surface area contributed by atoms with E-state index in [4.69, 9.17) is 9.47 Å². The Morgan fingerprint density at radius 3 is 1.94 bits per heavy atom. The molecule has 0 aliphatic heterocycles. The van der Waals surface area contributed by atoms with Crippen LogP contribution in [0, 0.1) is 0 Å². The first-order chi connectivity index (χ1) is 15.2. The van der Waals surface area contributed by atoms with Crippen molar-refractivity contribution < 1.29 is 9.47 Å². The number of fused-ring (bicyclic) bond motifs is 1. The number of pyridine rings is 1. The van der Waals surface area contributed by atoms with Gasteiger partial charge in [-0.1, -0.05) is 36.4 Å². The van der Waals surface area contributed by atoms with Crippen LogP contribution in [0.3, 0.4) is 0 Å². The number of ether oxygens (including phenoxy) is 2. The lowest BCUT2D eigenvalue weighted by molar-refractivity contribution is 0.414. The second-order valence-corrected chi connectivity index (χ2v) is 7.64. The van der Waals surface area contributed by atoms with Gasteiger partial charge in [0.2, 0.25) is 0 Å². The Bertz CT molecular complexity index is 1160. The second kappa shape index (κ2) is 7.76. The number of nitrogens with zero attached hydrogens (tertiary/aromatic N) is 2. The first-order valence-electron chi connectivity index (χ1n) is 10.2. The molecule has 2 heterocycles. The number of methoxy groups -OCH3 is 2. The number of rotatable bonds is 5. The lowest BCUT2D eigenvalue weighted by atomic mass is 9.68. The van der Waals surface area contributed by atoms with Crippen molar-refractivity contribution in [3.8, 4) is 22.8 Å². The maximum Gasteiger partial charge on any atom is 0.118 e. The van der Waals surface area contributed by atoms with Gasteiger partial charge in [0.1, 0.15) is 11.5 Å². The van der Waals surface area contributed by atoms with Crippen molar-refractivity contribution in [3.63, 3.8) is 0 Å². The van der Waals surface area contributed by atoms with E-state index in [0.717, 1.165) is 40.4 Å². The summed E-state index contributed by atoms with van der Waals surface area (Å²) in [6.45, 7) is 0. The summed E-state index contributed by atoms with van der Waals surface area (Å²) in [6, 6.07) is 20.6. The summed E-state index contributed by atoms with van der Waals surface area (Å²) >= 11 is 0. The molecule has 1 N–H and O–H groups in total. The first-order valence-corrected chi connectivity index (χ1v) is 10.2. The third-order valence-corrected chi connectivity index (χ3v) is 6.04. The van der Waals surface area contributed by atoms with Gasteiger partial charge in [-0.2, -0.15) is 5.10 Å². The highest BCUT2D eigenvalue weighted by Gasteiger charge is 2.36. The smallest absolute Gasteiger partial charge is 0.118 e. The zero-order valence-electron chi connectivity index (χ0n) is 17.5. The molecule has 31 heavy (non-hydrogen) atoms. The van der Waals surface area contributed by atoms with E-state index in [2.05, 4.69) is 51.6 Å². The molecule has 0 unspecified atom stereocenters. The van der Waals surface area contributed by atoms with Crippen LogP contribution < -0.4 is 9.47 Å². The van der Waals surface area contributed by atoms with E-state index in [1.165, 1.54) is 11.1 Å². The molecule has 0 saturated carbocycles. The van der Waals surface area contributed by atoms with Crippen LogP contribution in [0.4, 0.5) is 0 Å². The molecule has 5 rings (SSSR count). The summed E-state index contributed by atoms with van der Waals surface area (Å²) in [7, 11) is 3.37. The lowest BCUT2D eigenvalue weighted by Gasteiger charge is -2.34. The van der Waals surface area contributed by atoms with Crippen LogP contribution in [-0.2, 0) is 11.8 Å². The molecule has 0 atom stereocenters. The van der Waals surface area contributed by atoms with Crippen LogP contribution in [0.2, 0.25) is 0 Å². The molecule has 0 bridgehead atoms. The fourth-order valence-corrected chi connectivity index (χ4v) is 4.33. The van der Waals surface area contributed by atoms with Gasteiger partial charge in [-0.25, -0.2) is 0 Å². The molecular weight excluding hydrogens is 386 g/mol. The lowest BCUT2D eigenvalue weighted by Crippen LogP contribution is -2.30. The number of H-pyrrole nitrogens is 1. The van der Waals surface area contributed by atoms with Crippen molar-refractivity contribution in [2.75, 3.05) is 14.2 Å². The third kappa shape index (κ3) is 3.28. The molecule has 0 spiro atoms. The maximum absolute atomic E-state index is 5.38. The number of benzene rings is 2. The van der Waals surface area contributed by atoms with E-state index in [-0.39, 0.29) is 5.41 Å². The highest BCUT2D eigenvalue weighted by Crippen LogP contribution is 2.43. The van der Waals surface area contributed by atoms with Gasteiger partial charge in [-0.15, -0.1) is 0 Å². The van der Waals surface area contributed by atoms with Crippen molar-refractivity contribution in [1.82, 2.24) is 15.2 Å². The molecular formula is C26H23N3O2. The fraction of sp³-hybridized carbons (Fsp3) is 0.154. The average molecular weight is 409 g/mol. The Hall–Kier alpha value is -3.86. The number of nitrogens with one attached hydrogen (secondary N) is 1. The van der Waals surface area contributed by atoms with E-state index >= 15 is 0 Å². The average Bonchev–Trinajstić information content (AvgIpc) is 3.27. The topological polar surface area (TPSA) is 60.0 Å². The minimum absolute atomic E-state index is 0.326. The fourth-order valence-electron chi connectivity index (χ4n) is 4.33. The van der Waals surface area contributed by atoms with Gasteiger partial charge < -0.3 is 9.47 Å². The normalized spacial score (nSPS) is 14.1. The number of allylic oxidation sites excluding steroid dienone is 1. The molecule has 0 radical (unpaired) electrons. The Labute approximate surface area is 181 Å². The number of aromatic nitrogens is 3. The summed E-state index contributed by atoms with van der Waals surface area (Å²) in [5.41, 5.74) is 6.31. The molecule has 0 fully saturated rings. The van der Waals surface area contributed by atoms with Crippen LogP contribution in [-0.4, -0.2) is 29.4 Å². The van der Waals surface area contributed by atoms with E-state index in [1.54, 1.807) is 26.6 Å². The van der Waals surface area contributed by atoms with Crippen molar-refractivity contribution >= 4 is 6.08 Å². The van der Waals surface area contributed by atoms with Gasteiger partial charge in [0, 0.05) is 41.1 Å². The zero-order chi connectivity index (χ0) is 21.3. The van der Waals surface area contributed by atoms with Crippen molar-refractivity contribution in [1.29, 1.82) is 0 Å². The molecule has 5 heteroatoms. The van der Waals surface area contributed by atoms with Gasteiger partial charge in [0.15, 0.2) is 0 Å². The SMILES string of the molecule is COc1ccc(C2(c3ccc(OC)cc3)C=Cc3c(-c4ccncc4)n[nH]c3C2)cc1. The van der Waals surface area contributed by atoms with Crippen LogP contribution in [0.5, 0.6) is 11.5 Å². The Kier molecular flexibility index (Phi) is 4.79. The minimum Gasteiger partial charge on any atom is -0.497 e. The predicted octanol–water partition coefficient (Wildman–Crippen LogP) is 5.04. The Morgan fingerprint density at radius 2 is 1.39 bits per heavy atom. The molecule has 0 amide bonds. The minimum atomic E-state index is -0.326. The van der Waals surface area contributed by atoms with Gasteiger partial charge in [-0.3, -0.25) is 10.1 Å². The van der Waals surface area contributed by atoms with E-state index in [0.29, 0.717) is 0 Å². The first kappa shape index (κ1) is 19.1. The summed E-state index contributed by atoms with van der Waals surface area (Å²) in [6.07, 6.45) is 8.84. The standard InChI is InChI=1S/C26H23N3O2/c1-30-21-7-3-19(4-8-21)26(20-5-9-22(31-2)10-6-20)14-11-23-24(17-26)28-29-25(23)18-12-15-27-16-13-18/h3-16H,17H2,1-2H3,(H,28,29). The highest BCUT2D eigenvalue weighted by atomic mass is 16.5. The predicted molar refractivity (Wildman–Crippen MR) is 121 cm³/mol. The monoisotopic (exact) mass is 409 g/mol. The molecule has 154 valence electrons. The van der Waals surface area contributed by atoms with Crippen LogP contribution >= 0.6 is 0 Å². The van der Waals surface area contributed by atoms with Gasteiger partial charge in [0.05, 0.1) is 19.9 Å². The quantitative estimate of drug-likeness (QED) is 0.501. The largest absolute Gasteiger partial charge is 0.497 e. The van der Waals surface area contributed by atoms with E-state index < -0.39 is 0 Å². The summed E-state index contributed by atoms with van der Waals surface area (Å²) in [5.74, 6) is 1.69. The Morgan fingerprint density at radius 1 is 0.806 bits per heavy atom. The summed E-state index contributed by atoms with van der Waals surface area (Å²) in [4.78, 5) is 4.12. The number of hydrogen-bond acceptors (Lipinski definition) is 4. The third-order valence-electron chi connectivity index (χ3n) is 6.04.